The van der Waals surface area contributed by atoms with E-state index in [2.05, 4.69) is 42.2 Å². The Labute approximate surface area is 72.3 Å². The Morgan fingerprint density at radius 3 is 2.42 bits per heavy atom. The summed E-state index contributed by atoms with van der Waals surface area (Å²) in [5, 5.41) is 1.34. The van der Waals surface area contributed by atoms with Crippen molar-refractivity contribution in [3.8, 4) is 0 Å². The zero-order chi connectivity index (χ0) is 8.72. The highest BCUT2D eigenvalue weighted by molar-refractivity contribution is 5.82. The summed E-state index contributed by atoms with van der Waals surface area (Å²) >= 11 is 0. The summed E-state index contributed by atoms with van der Waals surface area (Å²) in [5.74, 6) is 1.27. The van der Waals surface area contributed by atoms with E-state index in [0.717, 1.165) is 0 Å². The third kappa shape index (κ3) is 0.795. The van der Waals surface area contributed by atoms with E-state index in [1.165, 1.54) is 22.3 Å². The monoisotopic (exact) mass is 161 g/mol. The van der Waals surface area contributed by atoms with Crippen LogP contribution in [-0.2, 0) is 7.11 Å². The van der Waals surface area contributed by atoms with Crippen LogP contribution in [0.2, 0.25) is 0 Å². The van der Waals surface area contributed by atoms with Gasteiger partial charge in [0, 0.05) is 13.0 Å². The van der Waals surface area contributed by atoms with Crippen molar-refractivity contribution in [2.45, 2.75) is 13.8 Å². The van der Waals surface area contributed by atoms with Gasteiger partial charge >= 0.3 is 0 Å². The van der Waals surface area contributed by atoms with Crippen molar-refractivity contribution in [2.24, 2.45) is 7.11 Å². The highest BCUT2D eigenvalue weighted by Crippen LogP contribution is 2.28. The summed E-state index contributed by atoms with van der Waals surface area (Å²) < 4.78 is 3.05. The SMILES string of the molecule is Cc1c(C)[o+](C)c2ccccc12. The molecule has 0 saturated carbocycles. The number of hydrogen-bond acceptors (Lipinski definition) is 0. The maximum atomic E-state index is 3.05. The molecule has 0 atom stereocenters. The van der Waals surface area contributed by atoms with E-state index in [4.69, 9.17) is 0 Å². The maximum Gasteiger partial charge on any atom is 0.269 e. The lowest BCUT2D eigenvalue weighted by Gasteiger charge is -1.95. The zero-order valence-corrected chi connectivity index (χ0v) is 7.72. The second kappa shape index (κ2) is 2.37. The Hall–Kier alpha value is -1.24. The lowest BCUT2D eigenvalue weighted by molar-refractivity contribution is 0.202. The number of hydrogen-bond donors (Lipinski definition) is 0. The van der Waals surface area contributed by atoms with Gasteiger partial charge in [0.1, 0.15) is 0 Å². The molecule has 1 heterocycles. The van der Waals surface area contributed by atoms with Crippen molar-refractivity contribution in [1.82, 2.24) is 0 Å². The Balaban J connectivity index is 2.99. The van der Waals surface area contributed by atoms with Crippen LogP contribution in [0.3, 0.4) is 0 Å². The second-order valence-electron chi connectivity index (χ2n) is 3.19. The van der Waals surface area contributed by atoms with Crippen LogP contribution in [-0.4, -0.2) is 0 Å². The minimum Gasteiger partial charge on any atom is -0.540 e. The van der Waals surface area contributed by atoms with Gasteiger partial charge in [-0.25, -0.2) is 0 Å². The summed E-state index contributed by atoms with van der Waals surface area (Å²) in [7, 11) is 2.03. The van der Waals surface area contributed by atoms with Gasteiger partial charge in [-0.15, -0.1) is 0 Å². The van der Waals surface area contributed by atoms with E-state index in [0.29, 0.717) is 0 Å². The minimum atomic E-state index is 1.24. The molecule has 0 aliphatic rings. The molecule has 0 spiro atoms. The largest absolute Gasteiger partial charge is 0.540 e. The first-order valence-electron chi connectivity index (χ1n) is 4.14. The van der Waals surface area contributed by atoms with Gasteiger partial charge < -0.3 is 4.05 Å². The van der Waals surface area contributed by atoms with Crippen LogP contribution in [0.4, 0.5) is 0 Å². The average Bonchev–Trinajstić information content (AvgIpc) is 2.33. The van der Waals surface area contributed by atoms with Crippen LogP contribution in [0.15, 0.2) is 28.3 Å². The van der Waals surface area contributed by atoms with E-state index in [-0.39, 0.29) is 0 Å². The lowest BCUT2D eigenvalue weighted by atomic mass is 10.2. The van der Waals surface area contributed by atoms with E-state index in [9.17, 15) is 0 Å². The molecule has 1 nitrogen and oxygen atoms in total. The molecule has 0 fully saturated rings. The fraction of sp³-hybridized carbons (Fsp3) is 0.273. The molecule has 2 aromatic rings. The fourth-order valence-corrected chi connectivity index (χ4v) is 1.63. The Kier molecular flexibility index (Phi) is 1.47. The van der Waals surface area contributed by atoms with E-state index >= 15 is 0 Å². The summed E-state index contributed by atoms with van der Waals surface area (Å²) in [6, 6.07) is 8.42. The lowest BCUT2D eigenvalue weighted by Crippen LogP contribution is -1.73. The minimum absolute atomic E-state index is 1.24. The van der Waals surface area contributed by atoms with E-state index in [1.807, 2.05) is 7.11 Å². The topological polar surface area (TPSA) is 2.70 Å². The van der Waals surface area contributed by atoms with Crippen molar-refractivity contribution in [1.29, 1.82) is 0 Å². The standard InChI is InChI=1S/C11H13O/c1-8-9(2)12(3)11-7-5-4-6-10(8)11/h4-7H,1-3H3/q+1. The quantitative estimate of drug-likeness (QED) is 0.521. The Bertz CT molecular complexity index is 385. The normalized spacial score (nSPS) is 10.9. The van der Waals surface area contributed by atoms with Gasteiger partial charge in [0.05, 0.1) is 10.9 Å². The molecule has 0 aliphatic carbocycles. The highest BCUT2D eigenvalue weighted by Gasteiger charge is 2.14. The third-order valence-electron chi connectivity index (χ3n) is 2.61. The van der Waals surface area contributed by atoms with Crippen LogP contribution in [0.1, 0.15) is 11.3 Å². The molecular weight excluding hydrogens is 148 g/mol. The molecule has 1 aromatic heterocycles. The summed E-state index contributed by atoms with van der Waals surface area (Å²) in [5.41, 5.74) is 2.60. The van der Waals surface area contributed by atoms with Gasteiger partial charge in [-0.3, -0.25) is 0 Å². The molecule has 0 unspecified atom stereocenters. The van der Waals surface area contributed by atoms with Crippen molar-refractivity contribution in [3.05, 3.63) is 35.6 Å². The van der Waals surface area contributed by atoms with Gasteiger partial charge in [-0.1, -0.05) is 12.1 Å². The predicted molar refractivity (Wildman–Crippen MR) is 51.3 cm³/mol. The molecule has 0 amide bonds. The van der Waals surface area contributed by atoms with Crippen molar-refractivity contribution >= 4 is 11.0 Å². The summed E-state index contributed by atoms with van der Waals surface area (Å²) in [4.78, 5) is 0. The van der Waals surface area contributed by atoms with Crippen LogP contribution >= 0.6 is 0 Å². The fourth-order valence-electron chi connectivity index (χ4n) is 1.63. The van der Waals surface area contributed by atoms with Crippen LogP contribution in [0.5, 0.6) is 0 Å². The van der Waals surface area contributed by atoms with Crippen molar-refractivity contribution in [3.63, 3.8) is 0 Å². The van der Waals surface area contributed by atoms with Gasteiger partial charge in [0.15, 0.2) is 7.11 Å². The predicted octanol–water partition coefficient (Wildman–Crippen LogP) is 3.27. The Morgan fingerprint density at radius 1 is 1.08 bits per heavy atom. The summed E-state index contributed by atoms with van der Waals surface area (Å²) in [6.07, 6.45) is 0. The van der Waals surface area contributed by atoms with Gasteiger partial charge in [0.25, 0.3) is 5.58 Å². The molecule has 2 rings (SSSR count). The summed E-state index contributed by atoms with van der Waals surface area (Å²) in [6.45, 7) is 4.28. The van der Waals surface area contributed by atoms with Crippen molar-refractivity contribution < 1.29 is 4.05 Å². The Morgan fingerprint density at radius 2 is 1.75 bits per heavy atom. The van der Waals surface area contributed by atoms with Crippen molar-refractivity contribution in [2.75, 3.05) is 0 Å². The number of aryl methyl sites for hydroxylation is 2. The molecule has 1 aromatic carbocycles. The van der Waals surface area contributed by atoms with Crippen LogP contribution in [0, 0.1) is 13.8 Å². The smallest absolute Gasteiger partial charge is 0.269 e. The molecule has 0 bridgehead atoms. The molecule has 12 heavy (non-hydrogen) atoms. The zero-order valence-electron chi connectivity index (χ0n) is 7.72. The molecule has 0 aliphatic heterocycles. The van der Waals surface area contributed by atoms with Crippen LogP contribution < -0.4 is 0 Å². The number of rotatable bonds is 0. The molecule has 1 heteroatoms. The van der Waals surface area contributed by atoms with Crippen LogP contribution in [0.25, 0.3) is 11.0 Å². The molecular formula is C11H13O+. The van der Waals surface area contributed by atoms with E-state index < -0.39 is 0 Å². The number of benzene rings is 1. The number of fused-ring (bicyclic) bond motifs is 1. The maximum absolute atomic E-state index is 3.05. The molecule has 0 radical (unpaired) electrons. The van der Waals surface area contributed by atoms with Gasteiger partial charge in [-0.2, -0.15) is 0 Å². The van der Waals surface area contributed by atoms with E-state index in [1.54, 1.807) is 0 Å². The number of para-hydroxylation sites is 1. The van der Waals surface area contributed by atoms with Gasteiger partial charge in [0.2, 0.25) is 5.76 Å². The number of furan rings is 1. The molecule has 62 valence electrons. The highest BCUT2D eigenvalue weighted by atomic mass is 16.5. The first-order valence-corrected chi connectivity index (χ1v) is 4.14. The second-order valence-corrected chi connectivity index (χ2v) is 3.19. The molecule has 0 saturated heterocycles. The molecule has 0 N–H and O–H groups in total. The van der Waals surface area contributed by atoms with Gasteiger partial charge in [-0.05, 0) is 13.0 Å². The first-order chi connectivity index (χ1) is 5.72. The first kappa shape index (κ1) is 7.41. The third-order valence-corrected chi connectivity index (χ3v) is 2.61. The average molecular weight is 161 g/mol.